The summed E-state index contributed by atoms with van der Waals surface area (Å²) < 4.78 is 29.4. The van der Waals surface area contributed by atoms with Gasteiger partial charge in [-0.1, -0.05) is 0 Å². The van der Waals surface area contributed by atoms with Gasteiger partial charge in [0.05, 0.1) is 0 Å². The lowest BCUT2D eigenvalue weighted by Gasteiger charge is -2.36. The zero-order chi connectivity index (χ0) is 17.1. The van der Waals surface area contributed by atoms with Crippen LogP contribution >= 0.6 is 11.3 Å². The van der Waals surface area contributed by atoms with Crippen LogP contribution in [0.4, 0.5) is 5.13 Å². The number of hydrogen-bond donors (Lipinski definition) is 1. The first kappa shape index (κ1) is 16.4. The first-order valence-corrected chi connectivity index (χ1v) is 8.69. The summed E-state index contributed by atoms with van der Waals surface area (Å²) in [5, 5.41) is 5.03. The highest BCUT2D eigenvalue weighted by atomic mass is 32.1. The minimum absolute atomic E-state index is 0.340. The molecule has 0 aromatic carbocycles. The van der Waals surface area contributed by atoms with Gasteiger partial charge in [-0.2, -0.15) is 0 Å². The van der Waals surface area contributed by atoms with E-state index in [1.165, 1.54) is 11.3 Å². The number of carbonyl (C=O) groups excluding carboxylic acids is 1. The van der Waals surface area contributed by atoms with Gasteiger partial charge in [0.2, 0.25) is 0 Å². The van der Waals surface area contributed by atoms with Crippen LogP contribution in [0.15, 0.2) is 11.6 Å². The number of amides is 1. The number of rotatable bonds is 2. The van der Waals surface area contributed by atoms with Crippen molar-refractivity contribution < 1.29 is 28.5 Å². The molecule has 1 N–H and O–H groups in total. The van der Waals surface area contributed by atoms with Crippen LogP contribution in [-0.4, -0.2) is 53.2 Å². The minimum Gasteiger partial charge on any atom is -0.342 e. The van der Waals surface area contributed by atoms with Crippen LogP contribution < -0.4 is 5.32 Å². The summed E-state index contributed by atoms with van der Waals surface area (Å²) in [7, 11) is 0. The van der Waals surface area contributed by atoms with Crippen LogP contribution in [0.2, 0.25) is 0 Å². The molecule has 1 aromatic rings. The predicted octanol–water partition coefficient (Wildman–Crippen LogP) is 1.48. The van der Waals surface area contributed by atoms with Crippen molar-refractivity contribution in [3.05, 3.63) is 11.6 Å². The van der Waals surface area contributed by atoms with Crippen LogP contribution in [0.1, 0.15) is 27.7 Å². The Morgan fingerprint density at radius 3 is 2.46 bits per heavy atom. The van der Waals surface area contributed by atoms with Crippen LogP contribution in [0.5, 0.6) is 0 Å². The summed E-state index contributed by atoms with van der Waals surface area (Å²) in [5.74, 6) is -1.98. The van der Waals surface area contributed by atoms with Gasteiger partial charge in [-0.3, -0.25) is 10.1 Å². The lowest BCUT2D eigenvalue weighted by Crippen LogP contribution is -2.58. The van der Waals surface area contributed by atoms with Crippen LogP contribution in [-0.2, 0) is 28.5 Å². The van der Waals surface area contributed by atoms with Gasteiger partial charge in [0.25, 0.3) is 5.91 Å². The van der Waals surface area contributed by atoms with Crippen molar-refractivity contribution in [2.75, 3.05) is 5.32 Å². The van der Waals surface area contributed by atoms with Crippen LogP contribution in [0.3, 0.4) is 0 Å². The molecule has 1 amide bonds. The molecule has 0 radical (unpaired) electrons. The van der Waals surface area contributed by atoms with Gasteiger partial charge in [-0.15, -0.1) is 11.3 Å². The van der Waals surface area contributed by atoms with E-state index in [0.717, 1.165) is 0 Å². The summed E-state index contributed by atoms with van der Waals surface area (Å²) >= 11 is 1.33. The van der Waals surface area contributed by atoms with Crippen molar-refractivity contribution in [2.45, 2.75) is 70.0 Å². The normalized spacial score (nSPS) is 39.2. The SMILES string of the molecule is CC1(C)O[C@@H]2O[C@H](C(=O)Nc3nccs3)[C@@H]3OC(C)(C)O[C@H]3[C@@H]2O1. The molecule has 0 aliphatic carbocycles. The van der Waals surface area contributed by atoms with E-state index >= 15 is 0 Å². The zero-order valence-electron chi connectivity index (χ0n) is 13.8. The fourth-order valence-electron chi connectivity index (χ4n) is 3.29. The monoisotopic (exact) mass is 356 g/mol. The molecule has 0 spiro atoms. The Labute approximate surface area is 143 Å². The summed E-state index contributed by atoms with van der Waals surface area (Å²) in [6.07, 6.45) is -1.43. The second kappa shape index (κ2) is 5.45. The molecule has 3 aliphatic heterocycles. The number of aromatic nitrogens is 1. The zero-order valence-corrected chi connectivity index (χ0v) is 14.7. The molecule has 5 atom stereocenters. The predicted molar refractivity (Wildman–Crippen MR) is 83.3 cm³/mol. The Hall–Kier alpha value is -1.10. The molecule has 0 saturated carbocycles. The number of nitrogens with one attached hydrogen (secondary N) is 1. The summed E-state index contributed by atoms with van der Waals surface area (Å²) in [6, 6.07) is 0. The Balaban J connectivity index is 1.59. The Morgan fingerprint density at radius 2 is 1.75 bits per heavy atom. The van der Waals surface area contributed by atoms with Crippen molar-refractivity contribution in [2.24, 2.45) is 0 Å². The molecule has 24 heavy (non-hydrogen) atoms. The number of hydrogen-bond acceptors (Lipinski definition) is 8. The molecule has 0 unspecified atom stereocenters. The maximum Gasteiger partial charge on any atom is 0.258 e. The Morgan fingerprint density at radius 1 is 1.08 bits per heavy atom. The third kappa shape index (κ3) is 2.85. The number of nitrogens with zero attached hydrogens (tertiary/aromatic N) is 1. The van der Waals surface area contributed by atoms with E-state index in [2.05, 4.69) is 10.3 Å². The molecule has 9 heteroatoms. The molecule has 4 rings (SSSR count). The molecule has 1 aromatic heterocycles. The molecule has 132 valence electrons. The lowest BCUT2D eigenvalue weighted by molar-refractivity contribution is -0.229. The average Bonchev–Trinajstić information content (AvgIpc) is 3.13. The van der Waals surface area contributed by atoms with E-state index in [9.17, 15) is 4.79 Å². The molecule has 0 bridgehead atoms. The largest absolute Gasteiger partial charge is 0.342 e. The van der Waals surface area contributed by atoms with Crippen molar-refractivity contribution in [1.29, 1.82) is 0 Å². The van der Waals surface area contributed by atoms with Crippen molar-refractivity contribution in [3.63, 3.8) is 0 Å². The van der Waals surface area contributed by atoms with Gasteiger partial charge >= 0.3 is 0 Å². The van der Waals surface area contributed by atoms with E-state index < -0.39 is 42.3 Å². The number of fused-ring (bicyclic) bond motifs is 3. The van der Waals surface area contributed by atoms with E-state index in [0.29, 0.717) is 5.13 Å². The molecule has 3 fully saturated rings. The van der Waals surface area contributed by atoms with Gasteiger partial charge in [-0.25, -0.2) is 4.98 Å². The summed E-state index contributed by atoms with van der Waals surface area (Å²) in [6.45, 7) is 7.21. The van der Waals surface area contributed by atoms with Gasteiger partial charge < -0.3 is 23.7 Å². The van der Waals surface area contributed by atoms with E-state index in [4.69, 9.17) is 23.7 Å². The Kier molecular flexibility index (Phi) is 3.72. The smallest absolute Gasteiger partial charge is 0.258 e. The van der Waals surface area contributed by atoms with Crippen molar-refractivity contribution in [1.82, 2.24) is 4.98 Å². The maximum atomic E-state index is 12.7. The van der Waals surface area contributed by atoms with Crippen LogP contribution in [0, 0.1) is 0 Å². The standard InChI is InChI=1S/C15H20N2O6S/c1-14(2)20-7-8(21-14)10-12(23-15(3,4)22-10)19-9(7)11(18)17-13-16-5-6-24-13/h5-10,12H,1-4H3,(H,16,17,18)/t7-,8-,9+,10+,12+/m1/s1. The molecule has 4 heterocycles. The van der Waals surface area contributed by atoms with E-state index in [-0.39, 0.29) is 5.91 Å². The second-order valence-corrected chi connectivity index (χ2v) is 7.81. The Bertz CT molecular complexity index is 634. The van der Waals surface area contributed by atoms with E-state index in [1.807, 2.05) is 0 Å². The number of ether oxygens (including phenoxy) is 5. The first-order valence-electron chi connectivity index (χ1n) is 7.81. The number of anilines is 1. The molecule has 3 saturated heterocycles. The van der Waals surface area contributed by atoms with Gasteiger partial charge in [0, 0.05) is 11.6 Å². The third-order valence-electron chi connectivity index (χ3n) is 4.08. The second-order valence-electron chi connectivity index (χ2n) is 6.92. The summed E-state index contributed by atoms with van der Waals surface area (Å²) in [5.41, 5.74) is 0. The van der Waals surface area contributed by atoms with Crippen LogP contribution in [0.25, 0.3) is 0 Å². The van der Waals surface area contributed by atoms with Crippen molar-refractivity contribution in [3.8, 4) is 0 Å². The highest BCUT2D eigenvalue weighted by Gasteiger charge is 2.62. The first-order chi connectivity index (χ1) is 11.2. The topological polar surface area (TPSA) is 88.1 Å². The fourth-order valence-corrected chi connectivity index (χ4v) is 3.82. The number of carbonyl (C=O) groups is 1. The molecule has 8 nitrogen and oxygen atoms in total. The van der Waals surface area contributed by atoms with Gasteiger partial charge in [-0.05, 0) is 27.7 Å². The summed E-state index contributed by atoms with van der Waals surface area (Å²) in [4.78, 5) is 16.7. The van der Waals surface area contributed by atoms with E-state index in [1.54, 1.807) is 39.3 Å². The van der Waals surface area contributed by atoms with Gasteiger partial charge in [0.1, 0.15) is 18.3 Å². The maximum absolute atomic E-state index is 12.7. The quantitative estimate of drug-likeness (QED) is 0.858. The lowest BCUT2D eigenvalue weighted by atomic mass is 9.98. The molecular weight excluding hydrogens is 336 g/mol. The highest BCUT2D eigenvalue weighted by Crippen LogP contribution is 2.44. The minimum atomic E-state index is -0.876. The molecule has 3 aliphatic rings. The number of thiazole rings is 1. The van der Waals surface area contributed by atoms with Crippen molar-refractivity contribution >= 4 is 22.4 Å². The fraction of sp³-hybridized carbons (Fsp3) is 0.733. The third-order valence-corrected chi connectivity index (χ3v) is 4.76. The average molecular weight is 356 g/mol. The molecular formula is C15H20N2O6S. The van der Waals surface area contributed by atoms with Gasteiger partial charge in [0.15, 0.2) is 29.1 Å². The highest BCUT2D eigenvalue weighted by molar-refractivity contribution is 7.13.